The molecule has 0 amide bonds. The number of rotatable bonds is 5. The van der Waals surface area contributed by atoms with Gasteiger partial charge in [-0.3, -0.25) is 10.1 Å². The van der Waals surface area contributed by atoms with Crippen LogP contribution in [0.25, 0.3) is 0 Å². The highest BCUT2D eigenvalue weighted by molar-refractivity contribution is 9.09. The van der Waals surface area contributed by atoms with E-state index in [1.165, 1.54) is 4.90 Å². The van der Waals surface area contributed by atoms with Gasteiger partial charge in [0.2, 0.25) is 0 Å². The summed E-state index contributed by atoms with van der Waals surface area (Å²) in [6, 6.07) is 15.0. The van der Waals surface area contributed by atoms with Gasteiger partial charge in [-0.1, -0.05) is 52.3 Å². The zero-order chi connectivity index (χ0) is 14.5. The summed E-state index contributed by atoms with van der Waals surface area (Å²) in [6.07, 6.45) is 2.62. The lowest BCUT2D eigenvalue weighted by atomic mass is 10.0. The lowest BCUT2D eigenvalue weighted by molar-refractivity contribution is -0.385. The zero-order valence-electron chi connectivity index (χ0n) is 11.0. The molecule has 1 atom stereocenters. The molecular weight excluding hydrogens is 338 g/mol. The molecule has 2 rings (SSSR count). The van der Waals surface area contributed by atoms with Crippen LogP contribution in [0.1, 0.15) is 16.0 Å². The fourth-order valence-corrected chi connectivity index (χ4v) is 3.65. The van der Waals surface area contributed by atoms with E-state index in [4.69, 9.17) is 0 Å². The molecule has 0 saturated carbocycles. The number of thioether (sulfide) groups is 1. The van der Waals surface area contributed by atoms with E-state index in [9.17, 15) is 10.1 Å². The number of halogens is 1. The van der Waals surface area contributed by atoms with Gasteiger partial charge in [-0.2, -0.15) is 0 Å². The summed E-state index contributed by atoms with van der Waals surface area (Å²) in [5.74, 6) is 0. The number of alkyl halides is 1. The second-order valence-electron chi connectivity index (χ2n) is 4.30. The van der Waals surface area contributed by atoms with E-state index in [1.807, 2.05) is 30.5 Å². The van der Waals surface area contributed by atoms with Gasteiger partial charge < -0.3 is 0 Å². The highest BCUT2D eigenvalue weighted by atomic mass is 79.9. The maximum atomic E-state index is 11.0. The SMILES string of the molecule is CSc1ccccc1C(Br)Cc1ccccc1[N+](=O)[O-]. The molecule has 104 valence electrons. The molecule has 0 bridgehead atoms. The molecule has 0 aliphatic rings. The first-order valence-electron chi connectivity index (χ1n) is 6.12. The molecule has 2 aromatic rings. The number of nitro groups is 1. The summed E-state index contributed by atoms with van der Waals surface area (Å²) >= 11 is 5.34. The molecule has 0 spiro atoms. The Morgan fingerprint density at radius 2 is 1.85 bits per heavy atom. The van der Waals surface area contributed by atoms with Crippen LogP contribution in [0.5, 0.6) is 0 Å². The Balaban J connectivity index is 2.28. The summed E-state index contributed by atoms with van der Waals surface area (Å²) in [4.78, 5) is 12.0. The maximum Gasteiger partial charge on any atom is 0.272 e. The third-order valence-corrected chi connectivity index (χ3v) is 4.69. The number of benzene rings is 2. The van der Waals surface area contributed by atoms with Crippen LogP contribution in [0.4, 0.5) is 5.69 Å². The van der Waals surface area contributed by atoms with Crippen LogP contribution in [0.3, 0.4) is 0 Å². The van der Waals surface area contributed by atoms with Crippen molar-refractivity contribution in [3.05, 3.63) is 69.8 Å². The van der Waals surface area contributed by atoms with Crippen LogP contribution >= 0.6 is 27.7 Å². The minimum absolute atomic E-state index is 0.0623. The quantitative estimate of drug-likeness (QED) is 0.329. The number of hydrogen-bond donors (Lipinski definition) is 0. The molecule has 0 saturated heterocycles. The molecule has 0 radical (unpaired) electrons. The van der Waals surface area contributed by atoms with Gasteiger partial charge >= 0.3 is 0 Å². The summed E-state index contributed by atoms with van der Waals surface area (Å²) in [5, 5.41) is 11.0. The van der Waals surface area contributed by atoms with Crippen molar-refractivity contribution in [3.8, 4) is 0 Å². The Morgan fingerprint density at radius 3 is 2.55 bits per heavy atom. The summed E-state index contributed by atoms with van der Waals surface area (Å²) in [7, 11) is 0. The van der Waals surface area contributed by atoms with Crippen molar-refractivity contribution in [2.45, 2.75) is 16.1 Å². The topological polar surface area (TPSA) is 43.1 Å². The first-order valence-corrected chi connectivity index (χ1v) is 8.26. The van der Waals surface area contributed by atoms with Crippen LogP contribution in [0.15, 0.2) is 53.4 Å². The van der Waals surface area contributed by atoms with Gasteiger partial charge in [-0.15, -0.1) is 11.8 Å². The Kier molecular flexibility index (Phi) is 5.20. The van der Waals surface area contributed by atoms with Gasteiger partial charge in [0.05, 0.1) is 4.92 Å². The van der Waals surface area contributed by atoms with Crippen molar-refractivity contribution in [1.29, 1.82) is 0 Å². The lowest BCUT2D eigenvalue weighted by Gasteiger charge is -2.14. The zero-order valence-corrected chi connectivity index (χ0v) is 13.4. The third kappa shape index (κ3) is 3.41. The molecule has 0 fully saturated rings. The van der Waals surface area contributed by atoms with Crippen molar-refractivity contribution in [2.24, 2.45) is 0 Å². The Bertz CT molecular complexity index is 618. The predicted octanol–water partition coefficient (Wildman–Crippen LogP) is 5.00. The average Bonchev–Trinajstić information content (AvgIpc) is 2.47. The largest absolute Gasteiger partial charge is 0.272 e. The van der Waals surface area contributed by atoms with Crippen LogP contribution in [-0.4, -0.2) is 11.2 Å². The molecule has 1 unspecified atom stereocenters. The Labute approximate surface area is 130 Å². The number of nitrogens with zero attached hydrogens (tertiary/aromatic N) is 1. The van der Waals surface area contributed by atoms with E-state index in [-0.39, 0.29) is 15.4 Å². The second-order valence-corrected chi connectivity index (χ2v) is 6.25. The van der Waals surface area contributed by atoms with E-state index in [1.54, 1.807) is 23.9 Å². The normalized spacial score (nSPS) is 12.1. The van der Waals surface area contributed by atoms with Crippen LogP contribution in [-0.2, 0) is 6.42 Å². The highest BCUT2D eigenvalue weighted by Crippen LogP contribution is 2.35. The van der Waals surface area contributed by atoms with Crippen molar-refractivity contribution in [3.63, 3.8) is 0 Å². The van der Waals surface area contributed by atoms with E-state index in [0.717, 1.165) is 11.1 Å². The average molecular weight is 352 g/mol. The van der Waals surface area contributed by atoms with E-state index < -0.39 is 0 Å². The van der Waals surface area contributed by atoms with E-state index in [0.29, 0.717) is 6.42 Å². The van der Waals surface area contributed by atoms with Gasteiger partial charge in [-0.05, 0) is 24.3 Å². The number of para-hydroxylation sites is 1. The summed E-state index contributed by atoms with van der Waals surface area (Å²) in [5.41, 5.74) is 2.09. The molecule has 0 heterocycles. The standard InChI is InChI=1S/C15H14BrNO2S/c1-20-15-9-5-3-7-12(15)13(16)10-11-6-2-4-8-14(11)17(18)19/h2-9,13H,10H2,1H3. The van der Waals surface area contributed by atoms with Crippen molar-refractivity contribution in [1.82, 2.24) is 0 Å². The van der Waals surface area contributed by atoms with Gasteiger partial charge in [0.25, 0.3) is 5.69 Å². The smallest absolute Gasteiger partial charge is 0.258 e. The fourth-order valence-electron chi connectivity index (χ4n) is 2.09. The highest BCUT2D eigenvalue weighted by Gasteiger charge is 2.18. The molecule has 0 aliphatic carbocycles. The van der Waals surface area contributed by atoms with Gasteiger partial charge in [0, 0.05) is 21.4 Å². The van der Waals surface area contributed by atoms with Crippen LogP contribution in [0, 0.1) is 10.1 Å². The molecule has 20 heavy (non-hydrogen) atoms. The van der Waals surface area contributed by atoms with Crippen molar-refractivity contribution in [2.75, 3.05) is 6.26 Å². The van der Waals surface area contributed by atoms with Crippen LogP contribution < -0.4 is 0 Å². The third-order valence-electron chi connectivity index (χ3n) is 3.06. The molecular formula is C15H14BrNO2S. The molecule has 3 nitrogen and oxygen atoms in total. The maximum absolute atomic E-state index is 11.0. The second kappa shape index (κ2) is 6.90. The predicted molar refractivity (Wildman–Crippen MR) is 86.7 cm³/mol. The van der Waals surface area contributed by atoms with Crippen molar-refractivity contribution < 1.29 is 4.92 Å². The Morgan fingerprint density at radius 1 is 1.20 bits per heavy atom. The molecule has 0 N–H and O–H groups in total. The minimum atomic E-state index is -0.324. The fraction of sp³-hybridized carbons (Fsp3) is 0.200. The lowest BCUT2D eigenvalue weighted by Crippen LogP contribution is -2.01. The summed E-state index contributed by atoms with van der Waals surface area (Å²) in [6.45, 7) is 0. The van der Waals surface area contributed by atoms with Crippen molar-refractivity contribution >= 4 is 33.4 Å². The van der Waals surface area contributed by atoms with E-state index >= 15 is 0 Å². The number of nitro benzene ring substituents is 1. The molecule has 0 aliphatic heterocycles. The molecule has 5 heteroatoms. The van der Waals surface area contributed by atoms with Gasteiger partial charge in [0.15, 0.2) is 0 Å². The molecule has 0 aromatic heterocycles. The monoisotopic (exact) mass is 351 g/mol. The first kappa shape index (κ1) is 15.1. The first-order chi connectivity index (χ1) is 9.63. The van der Waals surface area contributed by atoms with E-state index in [2.05, 4.69) is 28.1 Å². The van der Waals surface area contributed by atoms with Gasteiger partial charge in [0.1, 0.15) is 0 Å². The summed E-state index contributed by atoms with van der Waals surface area (Å²) < 4.78 is 0. The Hall–Kier alpha value is -1.33. The minimum Gasteiger partial charge on any atom is -0.258 e. The van der Waals surface area contributed by atoms with Crippen LogP contribution in [0.2, 0.25) is 0 Å². The van der Waals surface area contributed by atoms with Gasteiger partial charge in [-0.25, -0.2) is 0 Å². The number of hydrogen-bond acceptors (Lipinski definition) is 3. The molecule has 2 aromatic carbocycles.